The van der Waals surface area contributed by atoms with Gasteiger partial charge in [0.25, 0.3) is 5.91 Å². The highest BCUT2D eigenvalue weighted by molar-refractivity contribution is 6.10. The van der Waals surface area contributed by atoms with Crippen LogP contribution in [0.2, 0.25) is 0 Å². The molecule has 0 saturated carbocycles. The Hall–Kier alpha value is -2.44. The molecule has 2 fully saturated rings. The first-order chi connectivity index (χ1) is 13.3. The molecule has 4 heterocycles. The molecule has 1 aromatic carbocycles. The zero-order valence-electron chi connectivity index (χ0n) is 15.3. The molecule has 1 aromatic heterocycles. The molecule has 6 nitrogen and oxygen atoms in total. The van der Waals surface area contributed by atoms with Crippen LogP contribution < -0.4 is 9.80 Å². The molecule has 1 amide bonds. The van der Waals surface area contributed by atoms with Crippen LogP contribution in [-0.2, 0) is 15.9 Å². The lowest BCUT2D eigenvalue weighted by molar-refractivity contribution is -0.0581. The number of para-hydroxylation sites is 1. The maximum atomic E-state index is 13.4. The van der Waals surface area contributed by atoms with Crippen LogP contribution in [0, 0.1) is 0 Å². The van der Waals surface area contributed by atoms with E-state index >= 15 is 0 Å². The van der Waals surface area contributed by atoms with E-state index in [-0.39, 0.29) is 11.5 Å². The summed E-state index contributed by atoms with van der Waals surface area (Å²) in [6, 6.07) is 11.9. The van der Waals surface area contributed by atoms with Crippen molar-refractivity contribution >= 4 is 17.4 Å². The van der Waals surface area contributed by atoms with Gasteiger partial charge in [-0.2, -0.15) is 0 Å². The van der Waals surface area contributed by atoms with E-state index in [1.165, 1.54) is 5.56 Å². The van der Waals surface area contributed by atoms with Crippen LogP contribution in [0.4, 0.5) is 11.5 Å². The second-order valence-corrected chi connectivity index (χ2v) is 7.47. The van der Waals surface area contributed by atoms with Crippen LogP contribution in [0.5, 0.6) is 0 Å². The minimum absolute atomic E-state index is 0.0197. The zero-order valence-corrected chi connectivity index (χ0v) is 15.3. The second kappa shape index (κ2) is 6.62. The van der Waals surface area contributed by atoms with Crippen molar-refractivity contribution in [2.45, 2.75) is 18.4 Å². The third kappa shape index (κ3) is 2.89. The molecule has 0 radical (unpaired) electrons. The maximum Gasteiger partial charge on any atom is 0.262 e. The summed E-state index contributed by atoms with van der Waals surface area (Å²) in [4.78, 5) is 22.0. The average molecular weight is 365 g/mol. The number of hydrogen-bond acceptors (Lipinski definition) is 5. The number of aromatic nitrogens is 1. The van der Waals surface area contributed by atoms with Gasteiger partial charge in [0, 0.05) is 38.0 Å². The summed E-state index contributed by atoms with van der Waals surface area (Å²) in [5.41, 5.74) is 2.63. The SMILES string of the molecule is O=C(c1cccnc1N1CCOC2(CCOC2)C1)N1CCc2ccccc21. The van der Waals surface area contributed by atoms with E-state index in [2.05, 4.69) is 16.0 Å². The van der Waals surface area contributed by atoms with Crippen LogP contribution in [0.25, 0.3) is 0 Å². The smallest absolute Gasteiger partial charge is 0.262 e. The van der Waals surface area contributed by atoms with Gasteiger partial charge < -0.3 is 19.3 Å². The lowest BCUT2D eigenvalue weighted by atomic mass is 10.0. The van der Waals surface area contributed by atoms with Crippen molar-refractivity contribution in [3.63, 3.8) is 0 Å². The minimum atomic E-state index is -0.268. The number of carbonyl (C=O) groups is 1. The molecule has 3 aliphatic rings. The number of hydrogen-bond donors (Lipinski definition) is 0. The Kier molecular flexibility index (Phi) is 4.10. The number of rotatable bonds is 2. The molecule has 0 bridgehead atoms. The van der Waals surface area contributed by atoms with Gasteiger partial charge in [-0.25, -0.2) is 4.98 Å². The van der Waals surface area contributed by atoms with Crippen LogP contribution in [0.1, 0.15) is 22.3 Å². The minimum Gasteiger partial charge on any atom is -0.378 e. The number of pyridine rings is 1. The molecule has 6 heteroatoms. The standard InChI is InChI=1S/C21H23N3O3/c25-20(24-10-7-16-4-1-2-6-18(16)24)17-5-3-9-22-19(17)23-11-13-27-21(14-23)8-12-26-15-21/h1-6,9H,7-8,10-15H2. The van der Waals surface area contributed by atoms with E-state index in [1.807, 2.05) is 35.2 Å². The third-order valence-electron chi connectivity index (χ3n) is 5.76. The first-order valence-electron chi connectivity index (χ1n) is 9.57. The number of benzene rings is 1. The maximum absolute atomic E-state index is 13.4. The molecule has 1 unspecified atom stereocenters. The summed E-state index contributed by atoms with van der Waals surface area (Å²) in [6.07, 6.45) is 3.55. The summed E-state index contributed by atoms with van der Waals surface area (Å²) in [6.45, 7) is 4.12. The first-order valence-corrected chi connectivity index (χ1v) is 9.57. The fourth-order valence-electron chi connectivity index (χ4n) is 4.36. The molecule has 3 aliphatic heterocycles. The van der Waals surface area contributed by atoms with Gasteiger partial charge in [0.1, 0.15) is 11.4 Å². The molecule has 5 rings (SSSR count). The molecule has 140 valence electrons. The number of fused-ring (bicyclic) bond motifs is 1. The topological polar surface area (TPSA) is 54.9 Å². The van der Waals surface area contributed by atoms with E-state index in [4.69, 9.17) is 9.47 Å². The van der Waals surface area contributed by atoms with E-state index in [0.717, 1.165) is 37.5 Å². The van der Waals surface area contributed by atoms with E-state index in [0.29, 0.717) is 31.9 Å². The van der Waals surface area contributed by atoms with Gasteiger partial charge in [0.2, 0.25) is 0 Å². The second-order valence-electron chi connectivity index (χ2n) is 7.47. The predicted octanol–water partition coefficient (Wildman–Crippen LogP) is 2.28. The van der Waals surface area contributed by atoms with E-state index in [1.54, 1.807) is 6.20 Å². The first kappa shape index (κ1) is 16.7. The van der Waals surface area contributed by atoms with Gasteiger partial charge in [0.15, 0.2) is 0 Å². The molecule has 2 aromatic rings. The normalized spacial score (nSPS) is 24.4. The molecule has 2 saturated heterocycles. The highest BCUT2D eigenvalue weighted by Gasteiger charge is 2.41. The summed E-state index contributed by atoms with van der Waals surface area (Å²) >= 11 is 0. The Bertz CT molecular complexity index is 863. The summed E-state index contributed by atoms with van der Waals surface area (Å²) in [5.74, 6) is 0.771. The number of amides is 1. The van der Waals surface area contributed by atoms with E-state index in [9.17, 15) is 4.79 Å². The number of morpholine rings is 1. The molecule has 1 spiro atoms. The zero-order chi connectivity index (χ0) is 18.3. The third-order valence-corrected chi connectivity index (χ3v) is 5.76. The predicted molar refractivity (Wildman–Crippen MR) is 102 cm³/mol. The van der Waals surface area contributed by atoms with Gasteiger partial charge >= 0.3 is 0 Å². The average Bonchev–Trinajstić information content (AvgIpc) is 3.35. The van der Waals surface area contributed by atoms with Crippen molar-refractivity contribution < 1.29 is 14.3 Å². The molecule has 1 atom stereocenters. The number of nitrogens with zero attached hydrogens (tertiary/aromatic N) is 3. The summed E-state index contributed by atoms with van der Waals surface area (Å²) < 4.78 is 11.6. The van der Waals surface area contributed by atoms with Gasteiger partial charge in [-0.05, 0) is 30.2 Å². The number of ether oxygens (including phenoxy) is 2. The van der Waals surface area contributed by atoms with Crippen LogP contribution in [0.3, 0.4) is 0 Å². The highest BCUT2D eigenvalue weighted by Crippen LogP contribution is 2.33. The Labute approximate surface area is 158 Å². The van der Waals surface area contributed by atoms with E-state index < -0.39 is 0 Å². The van der Waals surface area contributed by atoms with Gasteiger partial charge in [-0.15, -0.1) is 0 Å². The Morgan fingerprint density at radius 2 is 2.04 bits per heavy atom. The fraction of sp³-hybridized carbons (Fsp3) is 0.429. The Morgan fingerprint density at radius 1 is 1.11 bits per heavy atom. The Balaban J connectivity index is 1.46. The molecule has 0 aliphatic carbocycles. The Morgan fingerprint density at radius 3 is 2.93 bits per heavy atom. The lowest BCUT2D eigenvalue weighted by Gasteiger charge is -2.40. The number of carbonyl (C=O) groups excluding carboxylic acids is 1. The number of anilines is 2. The summed E-state index contributed by atoms with van der Waals surface area (Å²) in [7, 11) is 0. The lowest BCUT2D eigenvalue weighted by Crippen LogP contribution is -2.53. The van der Waals surface area contributed by atoms with Gasteiger partial charge in [-0.3, -0.25) is 4.79 Å². The van der Waals surface area contributed by atoms with Crippen molar-refractivity contribution in [2.75, 3.05) is 49.3 Å². The molecular weight excluding hydrogens is 342 g/mol. The quantitative estimate of drug-likeness (QED) is 0.817. The van der Waals surface area contributed by atoms with Crippen molar-refractivity contribution in [3.8, 4) is 0 Å². The van der Waals surface area contributed by atoms with Crippen molar-refractivity contribution in [2.24, 2.45) is 0 Å². The fourth-order valence-corrected chi connectivity index (χ4v) is 4.36. The largest absolute Gasteiger partial charge is 0.378 e. The molecule has 27 heavy (non-hydrogen) atoms. The van der Waals surface area contributed by atoms with Crippen molar-refractivity contribution in [3.05, 3.63) is 53.7 Å². The monoisotopic (exact) mass is 365 g/mol. The van der Waals surface area contributed by atoms with Gasteiger partial charge in [-0.1, -0.05) is 18.2 Å². The van der Waals surface area contributed by atoms with Crippen molar-refractivity contribution in [1.29, 1.82) is 0 Å². The molecule has 0 N–H and O–H groups in total. The highest BCUT2D eigenvalue weighted by atomic mass is 16.6. The van der Waals surface area contributed by atoms with Gasteiger partial charge in [0.05, 0.1) is 25.3 Å². The molecular formula is C21H23N3O3. The van der Waals surface area contributed by atoms with Crippen LogP contribution in [0.15, 0.2) is 42.6 Å². The van der Waals surface area contributed by atoms with Crippen LogP contribution >= 0.6 is 0 Å². The summed E-state index contributed by atoms with van der Waals surface area (Å²) in [5, 5.41) is 0. The van der Waals surface area contributed by atoms with Crippen LogP contribution in [-0.4, -0.2) is 55.9 Å². The van der Waals surface area contributed by atoms with Crippen molar-refractivity contribution in [1.82, 2.24) is 4.98 Å².